The van der Waals surface area contributed by atoms with Gasteiger partial charge in [0, 0.05) is 11.4 Å². The van der Waals surface area contributed by atoms with Crippen LogP contribution in [0.5, 0.6) is 5.75 Å². The van der Waals surface area contributed by atoms with Crippen LogP contribution in [0.3, 0.4) is 0 Å². The fourth-order valence-electron chi connectivity index (χ4n) is 1.65. The highest BCUT2D eigenvalue weighted by Gasteiger charge is 2.22. The lowest BCUT2D eigenvalue weighted by Crippen LogP contribution is -2.01. The van der Waals surface area contributed by atoms with Crippen LogP contribution in [0.25, 0.3) is 0 Å². The number of nitrogens with zero attached hydrogens (tertiary/aromatic N) is 1. The molecule has 4 nitrogen and oxygen atoms in total. The molecule has 0 atom stereocenters. The average molecular weight is 300 g/mol. The predicted octanol–water partition coefficient (Wildman–Crippen LogP) is 3.67. The van der Waals surface area contributed by atoms with Crippen molar-refractivity contribution in [1.82, 2.24) is 0 Å². The Hall–Kier alpha value is -1.10. The van der Waals surface area contributed by atoms with Gasteiger partial charge < -0.3 is 4.74 Å². The van der Waals surface area contributed by atoms with Crippen molar-refractivity contribution in [1.29, 1.82) is 0 Å². The summed E-state index contributed by atoms with van der Waals surface area (Å²) in [6.45, 7) is 0.567. The van der Waals surface area contributed by atoms with Crippen LogP contribution >= 0.6 is 15.9 Å². The van der Waals surface area contributed by atoms with Crippen molar-refractivity contribution in [2.75, 3.05) is 6.61 Å². The standard InChI is InChI=1S/C12H14BrNO3/c13-8-10-3-4-11(14(15)16)12(7-10)17-6-5-9-1-2-9/h3-4,7,9H,1-2,5-6,8H2. The largest absolute Gasteiger partial charge is 0.487 e. The normalized spacial score (nSPS) is 14.6. The first-order valence-corrected chi connectivity index (χ1v) is 6.79. The summed E-state index contributed by atoms with van der Waals surface area (Å²) >= 11 is 3.33. The number of hydrogen-bond acceptors (Lipinski definition) is 3. The zero-order valence-corrected chi connectivity index (χ0v) is 11.0. The summed E-state index contributed by atoms with van der Waals surface area (Å²) in [6, 6.07) is 4.98. The van der Waals surface area contributed by atoms with E-state index >= 15 is 0 Å². The van der Waals surface area contributed by atoms with Gasteiger partial charge in [0.2, 0.25) is 0 Å². The number of halogens is 1. The van der Waals surface area contributed by atoms with Gasteiger partial charge in [-0.2, -0.15) is 0 Å². The van der Waals surface area contributed by atoms with Gasteiger partial charge in [0.05, 0.1) is 11.5 Å². The second-order valence-electron chi connectivity index (χ2n) is 4.27. The van der Waals surface area contributed by atoms with E-state index in [1.165, 1.54) is 18.9 Å². The van der Waals surface area contributed by atoms with E-state index in [-0.39, 0.29) is 5.69 Å². The molecule has 0 aliphatic heterocycles. The van der Waals surface area contributed by atoms with Gasteiger partial charge in [-0.05, 0) is 24.0 Å². The molecule has 17 heavy (non-hydrogen) atoms. The van der Waals surface area contributed by atoms with E-state index in [1.54, 1.807) is 12.1 Å². The van der Waals surface area contributed by atoms with E-state index in [4.69, 9.17) is 4.74 Å². The number of benzene rings is 1. The lowest BCUT2D eigenvalue weighted by molar-refractivity contribution is -0.385. The Morgan fingerprint density at radius 1 is 1.47 bits per heavy atom. The van der Waals surface area contributed by atoms with Gasteiger partial charge in [-0.1, -0.05) is 34.8 Å². The molecule has 0 radical (unpaired) electrons. The predicted molar refractivity (Wildman–Crippen MR) is 68.6 cm³/mol. The first-order chi connectivity index (χ1) is 8.20. The minimum absolute atomic E-state index is 0.0468. The highest BCUT2D eigenvalue weighted by Crippen LogP contribution is 2.33. The average Bonchev–Trinajstić information content (AvgIpc) is 3.12. The van der Waals surface area contributed by atoms with Gasteiger partial charge in [0.1, 0.15) is 0 Å². The molecule has 0 saturated heterocycles. The van der Waals surface area contributed by atoms with Crippen LogP contribution in [0.2, 0.25) is 0 Å². The molecule has 1 saturated carbocycles. The van der Waals surface area contributed by atoms with Crippen molar-refractivity contribution in [2.45, 2.75) is 24.6 Å². The number of hydrogen-bond donors (Lipinski definition) is 0. The molecule has 92 valence electrons. The van der Waals surface area contributed by atoms with Crippen LogP contribution in [-0.2, 0) is 5.33 Å². The summed E-state index contributed by atoms with van der Waals surface area (Å²) < 4.78 is 5.53. The maximum Gasteiger partial charge on any atom is 0.310 e. The smallest absolute Gasteiger partial charge is 0.310 e. The zero-order chi connectivity index (χ0) is 12.3. The van der Waals surface area contributed by atoms with Crippen molar-refractivity contribution in [3.05, 3.63) is 33.9 Å². The van der Waals surface area contributed by atoms with Crippen molar-refractivity contribution >= 4 is 21.6 Å². The zero-order valence-electron chi connectivity index (χ0n) is 9.39. The third kappa shape index (κ3) is 3.43. The number of alkyl halides is 1. The van der Waals surface area contributed by atoms with Gasteiger partial charge in [0.15, 0.2) is 5.75 Å². The Labute approximate surface area is 108 Å². The Morgan fingerprint density at radius 3 is 2.82 bits per heavy atom. The molecule has 1 aromatic rings. The fourth-order valence-corrected chi connectivity index (χ4v) is 2.00. The number of nitro groups is 1. The molecule has 1 aromatic carbocycles. The van der Waals surface area contributed by atoms with E-state index in [9.17, 15) is 10.1 Å². The van der Waals surface area contributed by atoms with Crippen LogP contribution in [0, 0.1) is 16.0 Å². The second kappa shape index (κ2) is 5.49. The SMILES string of the molecule is O=[N+]([O-])c1ccc(CBr)cc1OCCC1CC1. The Balaban J connectivity index is 2.06. The van der Waals surface area contributed by atoms with Crippen LogP contribution in [0.15, 0.2) is 18.2 Å². The van der Waals surface area contributed by atoms with Crippen molar-refractivity contribution < 1.29 is 9.66 Å². The third-order valence-corrected chi connectivity index (χ3v) is 3.50. The molecule has 0 amide bonds. The summed E-state index contributed by atoms with van der Waals surface area (Å²) in [4.78, 5) is 10.4. The Morgan fingerprint density at radius 2 is 2.24 bits per heavy atom. The fraction of sp³-hybridized carbons (Fsp3) is 0.500. The Bertz CT molecular complexity index is 418. The molecular weight excluding hydrogens is 286 g/mol. The molecule has 1 fully saturated rings. The molecule has 0 N–H and O–H groups in total. The molecule has 0 unspecified atom stereocenters. The lowest BCUT2D eigenvalue weighted by Gasteiger charge is -2.07. The van der Waals surface area contributed by atoms with E-state index in [0.29, 0.717) is 17.7 Å². The van der Waals surface area contributed by atoms with Crippen LogP contribution in [-0.4, -0.2) is 11.5 Å². The minimum Gasteiger partial charge on any atom is -0.487 e. The minimum atomic E-state index is -0.398. The van der Waals surface area contributed by atoms with Crippen LogP contribution in [0.1, 0.15) is 24.8 Å². The second-order valence-corrected chi connectivity index (χ2v) is 4.83. The maximum atomic E-state index is 10.8. The van der Waals surface area contributed by atoms with Crippen molar-refractivity contribution in [2.24, 2.45) is 5.92 Å². The third-order valence-electron chi connectivity index (χ3n) is 2.86. The molecular formula is C12H14BrNO3. The number of ether oxygens (including phenoxy) is 1. The molecule has 0 heterocycles. The Kier molecular flexibility index (Phi) is 3.99. The molecule has 0 bridgehead atoms. The highest BCUT2D eigenvalue weighted by molar-refractivity contribution is 9.08. The van der Waals surface area contributed by atoms with Crippen LogP contribution in [0.4, 0.5) is 5.69 Å². The first kappa shape index (κ1) is 12.4. The first-order valence-electron chi connectivity index (χ1n) is 5.67. The summed E-state index contributed by atoms with van der Waals surface area (Å²) in [6.07, 6.45) is 3.54. The molecule has 1 aliphatic rings. The van der Waals surface area contributed by atoms with E-state index < -0.39 is 4.92 Å². The van der Waals surface area contributed by atoms with E-state index in [1.807, 2.05) is 0 Å². The quantitative estimate of drug-likeness (QED) is 0.457. The molecule has 2 rings (SSSR count). The summed E-state index contributed by atoms with van der Waals surface area (Å²) in [7, 11) is 0. The number of nitro benzene ring substituents is 1. The topological polar surface area (TPSA) is 52.4 Å². The van der Waals surface area contributed by atoms with Gasteiger partial charge in [-0.15, -0.1) is 0 Å². The van der Waals surface area contributed by atoms with E-state index in [0.717, 1.165) is 17.9 Å². The van der Waals surface area contributed by atoms with Gasteiger partial charge in [-0.3, -0.25) is 10.1 Å². The maximum absolute atomic E-state index is 10.8. The summed E-state index contributed by atoms with van der Waals surface area (Å²) in [5.41, 5.74) is 1.03. The number of rotatable bonds is 6. The lowest BCUT2D eigenvalue weighted by atomic mass is 10.2. The molecule has 0 spiro atoms. The molecule has 1 aliphatic carbocycles. The van der Waals surface area contributed by atoms with Gasteiger partial charge >= 0.3 is 5.69 Å². The summed E-state index contributed by atoms with van der Waals surface area (Å²) in [5, 5.41) is 11.5. The van der Waals surface area contributed by atoms with Gasteiger partial charge in [0.25, 0.3) is 0 Å². The summed E-state index contributed by atoms with van der Waals surface area (Å²) in [5.74, 6) is 1.15. The van der Waals surface area contributed by atoms with Crippen molar-refractivity contribution in [3.63, 3.8) is 0 Å². The van der Waals surface area contributed by atoms with E-state index in [2.05, 4.69) is 15.9 Å². The molecule has 0 aromatic heterocycles. The monoisotopic (exact) mass is 299 g/mol. The highest BCUT2D eigenvalue weighted by atomic mass is 79.9. The van der Waals surface area contributed by atoms with Crippen LogP contribution < -0.4 is 4.74 Å². The molecule has 5 heteroatoms. The van der Waals surface area contributed by atoms with Crippen molar-refractivity contribution in [3.8, 4) is 5.75 Å². The van der Waals surface area contributed by atoms with Gasteiger partial charge in [-0.25, -0.2) is 0 Å².